The maximum absolute atomic E-state index is 10.8. The van der Waals surface area contributed by atoms with Gasteiger partial charge >= 0.3 is 5.97 Å². The highest BCUT2D eigenvalue weighted by atomic mass is 16.4. The number of rotatable bonds is 4. The first-order chi connectivity index (χ1) is 6.95. The summed E-state index contributed by atoms with van der Waals surface area (Å²) in [6.07, 6.45) is 0.815. The molecule has 0 radical (unpaired) electrons. The van der Waals surface area contributed by atoms with Crippen LogP contribution in [0.2, 0.25) is 0 Å². The summed E-state index contributed by atoms with van der Waals surface area (Å²) < 4.78 is 0. The molecule has 0 saturated carbocycles. The van der Waals surface area contributed by atoms with E-state index < -0.39 is 11.5 Å². The van der Waals surface area contributed by atoms with Gasteiger partial charge in [0.15, 0.2) is 0 Å². The second-order valence-corrected chi connectivity index (χ2v) is 3.82. The molecule has 0 saturated heterocycles. The van der Waals surface area contributed by atoms with Gasteiger partial charge in [0.25, 0.3) is 0 Å². The normalized spacial score (nSPS) is 11.1. The van der Waals surface area contributed by atoms with E-state index in [1.54, 1.807) is 19.9 Å². The van der Waals surface area contributed by atoms with Crippen molar-refractivity contribution in [2.24, 2.45) is 0 Å². The van der Waals surface area contributed by atoms with E-state index >= 15 is 0 Å². The van der Waals surface area contributed by atoms with Crippen LogP contribution in [0.5, 0.6) is 0 Å². The first-order valence-electron chi connectivity index (χ1n) is 4.80. The summed E-state index contributed by atoms with van der Waals surface area (Å²) >= 11 is 0. The number of nitrogens with one attached hydrogen (secondary N) is 1. The molecule has 0 aliphatic heterocycles. The van der Waals surface area contributed by atoms with E-state index in [1.807, 2.05) is 13.0 Å². The zero-order chi connectivity index (χ0) is 11.5. The third-order valence-corrected chi connectivity index (χ3v) is 2.06. The lowest BCUT2D eigenvalue weighted by atomic mass is 10.1. The Morgan fingerprint density at radius 3 is 2.53 bits per heavy atom. The van der Waals surface area contributed by atoms with Gasteiger partial charge in [0.2, 0.25) is 0 Å². The van der Waals surface area contributed by atoms with Gasteiger partial charge in [-0.25, -0.2) is 4.79 Å². The number of carboxylic acid groups (broad SMARTS) is 1. The smallest absolute Gasteiger partial charge is 0.328 e. The van der Waals surface area contributed by atoms with Crippen molar-refractivity contribution in [2.45, 2.75) is 32.7 Å². The van der Waals surface area contributed by atoms with Crippen molar-refractivity contribution in [2.75, 3.05) is 5.32 Å². The van der Waals surface area contributed by atoms with Gasteiger partial charge in [-0.3, -0.25) is 0 Å². The van der Waals surface area contributed by atoms with E-state index in [-0.39, 0.29) is 0 Å². The average Bonchev–Trinajstić information content (AvgIpc) is 2.18. The summed E-state index contributed by atoms with van der Waals surface area (Å²) in [7, 11) is 0. The van der Waals surface area contributed by atoms with Crippen LogP contribution in [0.4, 0.5) is 5.82 Å². The number of hydrogen-bond donors (Lipinski definition) is 2. The van der Waals surface area contributed by atoms with Crippen LogP contribution in [0.25, 0.3) is 0 Å². The maximum atomic E-state index is 10.8. The predicted molar refractivity (Wildman–Crippen MR) is 56.7 cm³/mol. The van der Waals surface area contributed by atoms with Crippen molar-refractivity contribution in [3.63, 3.8) is 0 Å². The summed E-state index contributed by atoms with van der Waals surface area (Å²) in [5.74, 6) is -0.455. The van der Waals surface area contributed by atoms with E-state index in [9.17, 15) is 4.79 Å². The van der Waals surface area contributed by atoms with Crippen molar-refractivity contribution in [3.05, 3.63) is 17.8 Å². The highest BCUT2D eigenvalue weighted by Crippen LogP contribution is 2.12. The quantitative estimate of drug-likeness (QED) is 0.782. The first kappa shape index (κ1) is 11.4. The number of aliphatic carboxylic acids is 1. The summed E-state index contributed by atoms with van der Waals surface area (Å²) in [6.45, 7) is 5.13. The standard InChI is InChI=1S/C10H15N3O2/c1-4-7-5-6-8(13-12-7)11-10(2,3)9(14)15/h5-6H,4H2,1-3H3,(H,11,13)(H,14,15). The van der Waals surface area contributed by atoms with Crippen molar-refractivity contribution >= 4 is 11.8 Å². The SMILES string of the molecule is CCc1ccc(NC(C)(C)C(=O)O)nn1. The summed E-state index contributed by atoms with van der Waals surface area (Å²) in [5, 5.41) is 19.5. The number of aromatic nitrogens is 2. The lowest BCUT2D eigenvalue weighted by Gasteiger charge is -2.21. The molecule has 0 fully saturated rings. The van der Waals surface area contributed by atoms with Crippen LogP contribution >= 0.6 is 0 Å². The summed E-state index contributed by atoms with van der Waals surface area (Å²) in [6, 6.07) is 3.56. The molecule has 0 aliphatic rings. The summed E-state index contributed by atoms with van der Waals surface area (Å²) in [4.78, 5) is 10.8. The number of anilines is 1. The molecule has 1 heterocycles. The molecule has 0 amide bonds. The lowest BCUT2D eigenvalue weighted by molar-refractivity contribution is -0.141. The van der Waals surface area contributed by atoms with E-state index in [2.05, 4.69) is 15.5 Å². The van der Waals surface area contributed by atoms with Crippen molar-refractivity contribution < 1.29 is 9.90 Å². The Morgan fingerprint density at radius 2 is 2.13 bits per heavy atom. The minimum atomic E-state index is -1.04. The Bertz CT molecular complexity index is 346. The van der Waals surface area contributed by atoms with Gasteiger partial charge in [-0.2, -0.15) is 5.10 Å². The van der Waals surface area contributed by atoms with Gasteiger partial charge in [0.05, 0.1) is 5.69 Å². The van der Waals surface area contributed by atoms with Crippen LogP contribution in [0.3, 0.4) is 0 Å². The number of aryl methyl sites for hydroxylation is 1. The zero-order valence-corrected chi connectivity index (χ0v) is 9.11. The second kappa shape index (κ2) is 4.25. The summed E-state index contributed by atoms with van der Waals surface area (Å²) in [5.41, 5.74) is -0.156. The van der Waals surface area contributed by atoms with E-state index in [0.29, 0.717) is 5.82 Å². The fraction of sp³-hybridized carbons (Fsp3) is 0.500. The maximum Gasteiger partial charge on any atom is 0.328 e. The highest BCUT2D eigenvalue weighted by molar-refractivity contribution is 5.81. The molecule has 0 spiro atoms. The van der Waals surface area contributed by atoms with Gasteiger partial charge < -0.3 is 10.4 Å². The van der Waals surface area contributed by atoms with Crippen LogP contribution in [0, 0.1) is 0 Å². The van der Waals surface area contributed by atoms with Crippen LogP contribution in [-0.4, -0.2) is 26.8 Å². The van der Waals surface area contributed by atoms with Gasteiger partial charge in [-0.05, 0) is 32.4 Å². The fourth-order valence-electron chi connectivity index (χ4n) is 0.989. The third-order valence-electron chi connectivity index (χ3n) is 2.06. The number of carbonyl (C=O) groups is 1. The molecule has 0 bridgehead atoms. The second-order valence-electron chi connectivity index (χ2n) is 3.82. The molecule has 5 nitrogen and oxygen atoms in total. The van der Waals surface area contributed by atoms with Crippen molar-refractivity contribution in [1.82, 2.24) is 10.2 Å². The molecule has 82 valence electrons. The van der Waals surface area contributed by atoms with E-state index in [0.717, 1.165) is 12.1 Å². The first-order valence-corrected chi connectivity index (χ1v) is 4.80. The molecule has 0 unspecified atom stereocenters. The minimum absolute atomic E-state index is 0.472. The number of nitrogens with zero attached hydrogens (tertiary/aromatic N) is 2. The number of carboxylic acids is 1. The van der Waals surface area contributed by atoms with Crippen molar-refractivity contribution in [3.8, 4) is 0 Å². The molecule has 2 N–H and O–H groups in total. The Hall–Kier alpha value is -1.65. The Balaban J connectivity index is 2.77. The van der Waals surface area contributed by atoms with Crippen LogP contribution < -0.4 is 5.32 Å². The van der Waals surface area contributed by atoms with Gasteiger partial charge in [0, 0.05) is 0 Å². The monoisotopic (exact) mass is 209 g/mol. The zero-order valence-electron chi connectivity index (χ0n) is 9.11. The van der Waals surface area contributed by atoms with Crippen LogP contribution in [-0.2, 0) is 11.2 Å². The topological polar surface area (TPSA) is 75.1 Å². The Morgan fingerprint density at radius 1 is 1.47 bits per heavy atom. The minimum Gasteiger partial charge on any atom is -0.480 e. The molecule has 1 rings (SSSR count). The molecule has 15 heavy (non-hydrogen) atoms. The Kier molecular flexibility index (Phi) is 3.24. The molecule has 5 heteroatoms. The van der Waals surface area contributed by atoms with Gasteiger partial charge in [-0.15, -0.1) is 5.10 Å². The van der Waals surface area contributed by atoms with Crippen LogP contribution in [0.15, 0.2) is 12.1 Å². The Labute approximate surface area is 88.5 Å². The number of hydrogen-bond acceptors (Lipinski definition) is 4. The van der Waals surface area contributed by atoms with Crippen LogP contribution in [0.1, 0.15) is 26.5 Å². The van der Waals surface area contributed by atoms with Gasteiger partial charge in [0.1, 0.15) is 11.4 Å². The largest absolute Gasteiger partial charge is 0.480 e. The third kappa shape index (κ3) is 2.90. The fourth-order valence-corrected chi connectivity index (χ4v) is 0.989. The molecule has 0 aliphatic carbocycles. The molecule has 0 atom stereocenters. The lowest BCUT2D eigenvalue weighted by Crippen LogP contribution is -2.40. The average molecular weight is 209 g/mol. The van der Waals surface area contributed by atoms with E-state index in [1.165, 1.54) is 0 Å². The van der Waals surface area contributed by atoms with E-state index in [4.69, 9.17) is 5.11 Å². The van der Waals surface area contributed by atoms with Crippen molar-refractivity contribution in [1.29, 1.82) is 0 Å². The molecular weight excluding hydrogens is 194 g/mol. The molecule has 1 aromatic rings. The molecular formula is C10H15N3O2. The molecule has 0 aromatic carbocycles. The van der Waals surface area contributed by atoms with Gasteiger partial charge in [-0.1, -0.05) is 6.92 Å². The predicted octanol–water partition coefficient (Wildman–Crippen LogP) is 1.31. The molecule has 1 aromatic heterocycles. The highest BCUT2D eigenvalue weighted by Gasteiger charge is 2.27.